The van der Waals surface area contributed by atoms with Gasteiger partial charge >= 0.3 is 11.9 Å². The van der Waals surface area contributed by atoms with Crippen LogP contribution in [0.15, 0.2) is 140 Å². The van der Waals surface area contributed by atoms with Gasteiger partial charge in [0.1, 0.15) is 11.5 Å². The summed E-state index contributed by atoms with van der Waals surface area (Å²) in [6, 6.07) is 43.7. The second-order valence-corrected chi connectivity index (χ2v) is 8.87. The van der Waals surface area contributed by atoms with Crippen LogP contribution in [0.4, 0.5) is 0 Å². The molecule has 5 aromatic rings. The normalized spacial score (nSPS) is 10.7. The Bertz CT molecular complexity index is 1380. The van der Waals surface area contributed by atoms with Crippen molar-refractivity contribution in [1.29, 1.82) is 0 Å². The molecule has 0 aliphatic carbocycles. The molecule has 0 spiro atoms. The van der Waals surface area contributed by atoms with Crippen molar-refractivity contribution in [3.8, 4) is 33.8 Å². The highest BCUT2D eigenvalue weighted by Crippen LogP contribution is 2.25. The van der Waals surface area contributed by atoms with Crippen molar-refractivity contribution in [2.75, 3.05) is 0 Å². The topological polar surface area (TPSA) is 52.6 Å². The highest BCUT2D eigenvalue weighted by atomic mass is 16.6. The van der Waals surface area contributed by atoms with Gasteiger partial charge in [-0.2, -0.15) is 0 Å². The predicted molar refractivity (Wildman–Crippen MR) is 149 cm³/mol. The Morgan fingerprint density at radius 1 is 0.447 bits per heavy atom. The van der Waals surface area contributed by atoms with E-state index in [2.05, 4.69) is 0 Å². The quantitative estimate of drug-likeness (QED) is 0.127. The van der Waals surface area contributed by atoms with Gasteiger partial charge in [-0.25, -0.2) is 0 Å². The molecule has 4 heteroatoms. The minimum atomic E-state index is -1.13. The highest BCUT2D eigenvalue weighted by molar-refractivity contribution is 5.97. The van der Waals surface area contributed by atoms with E-state index in [-0.39, 0.29) is 6.42 Å². The molecule has 186 valence electrons. The lowest BCUT2D eigenvalue weighted by Crippen LogP contribution is -2.33. The van der Waals surface area contributed by atoms with Gasteiger partial charge in [-0.05, 0) is 58.5 Å². The summed E-state index contributed by atoms with van der Waals surface area (Å²) in [6.45, 7) is 0. The Hall–Kier alpha value is -4.96. The lowest BCUT2D eigenvalue weighted by molar-refractivity contribution is -0.151. The van der Waals surface area contributed by atoms with E-state index < -0.39 is 17.9 Å². The van der Waals surface area contributed by atoms with Crippen LogP contribution in [0.5, 0.6) is 11.5 Å². The van der Waals surface area contributed by atoms with E-state index in [1.54, 1.807) is 24.3 Å². The van der Waals surface area contributed by atoms with Gasteiger partial charge in [0.2, 0.25) is 0 Å². The molecule has 0 aliphatic heterocycles. The van der Waals surface area contributed by atoms with E-state index in [9.17, 15) is 9.59 Å². The smallest absolute Gasteiger partial charge is 0.326 e. The van der Waals surface area contributed by atoms with Crippen LogP contribution in [-0.4, -0.2) is 11.9 Å². The zero-order chi connectivity index (χ0) is 26.2. The molecule has 0 bridgehead atoms. The van der Waals surface area contributed by atoms with Crippen LogP contribution in [0, 0.1) is 5.92 Å². The largest absolute Gasteiger partial charge is 0.426 e. The van der Waals surface area contributed by atoms with Crippen molar-refractivity contribution >= 4 is 11.9 Å². The maximum atomic E-state index is 13.2. The van der Waals surface area contributed by atoms with Crippen molar-refractivity contribution < 1.29 is 19.1 Å². The fourth-order valence-corrected chi connectivity index (χ4v) is 4.18. The van der Waals surface area contributed by atoms with Gasteiger partial charge in [-0.1, -0.05) is 115 Å². The first-order valence-corrected chi connectivity index (χ1v) is 12.4. The number of benzene rings is 5. The van der Waals surface area contributed by atoms with Gasteiger partial charge in [0.25, 0.3) is 0 Å². The molecule has 38 heavy (non-hydrogen) atoms. The summed E-state index contributed by atoms with van der Waals surface area (Å²) in [5.74, 6) is -1.71. The molecule has 0 aliphatic rings. The van der Waals surface area contributed by atoms with Gasteiger partial charge in [-0.15, -0.1) is 0 Å². The molecular weight excluding hydrogens is 472 g/mol. The molecule has 0 aromatic heterocycles. The third kappa shape index (κ3) is 6.23. The fraction of sp³-hybridized carbons (Fsp3) is 0.0588. The van der Waals surface area contributed by atoms with E-state index in [0.717, 1.165) is 27.8 Å². The molecular formula is C34H26O4. The van der Waals surface area contributed by atoms with Crippen LogP contribution in [0.1, 0.15) is 5.56 Å². The molecule has 0 atom stereocenters. The highest BCUT2D eigenvalue weighted by Gasteiger charge is 2.31. The van der Waals surface area contributed by atoms with E-state index >= 15 is 0 Å². The molecule has 5 rings (SSSR count). The van der Waals surface area contributed by atoms with Crippen LogP contribution in [0.25, 0.3) is 22.3 Å². The van der Waals surface area contributed by atoms with Crippen molar-refractivity contribution in [2.45, 2.75) is 6.42 Å². The number of hydrogen-bond donors (Lipinski definition) is 0. The van der Waals surface area contributed by atoms with Crippen LogP contribution >= 0.6 is 0 Å². The molecule has 0 radical (unpaired) electrons. The van der Waals surface area contributed by atoms with Crippen LogP contribution < -0.4 is 9.47 Å². The fourth-order valence-electron chi connectivity index (χ4n) is 4.18. The Balaban J connectivity index is 1.31. The number of carbonyl (C=O) groups excluding carboxylic acids is 2. The first-order valence-electron chi connectivity index (χ1n) is 12.4. The minimum absolute atomic E-state index is 0.169. The summed E-state index contributed by atoms with van der Waals surface area (Å²) in [5, 5.41) is 0. The third-order valence-electron chi connectivity index (χ3n) is 6.21. The molecule has 0 N–H and O–H groups in total. The summed E-state index contributed by atoms with van der Waals surface area (Å²) in [5.41, 5.74) is 4.97. The molecule has 5 aromatic carbocycles. The summed E-state index contributed by atoms with van der Waals surface area (Å²) in [4.78, 5) is 26.4. The van der Waals surface area contributed by atoms with Crippen molar-refractivity contribution in [1.82, 2.24) is 0 Å². The zero-order valence-electron chi connectivity index (χ0n) is 20.7. The first kappa shape index (κ1) is 24.7. The second-order valence-electron chi connectivity index (χ2n) is 8.87. The molecule has 0 amide bonds. The third-order valence-corrected chi connectivity index (χ3v) is 6.21. The van der Waals surface area contributed by atoms with Crippen molar-refractivity contribution in [3.63, 3.8) is 0 Å². The Morgan fingerprint density at radius 2 is 0.789 bits per heavy atom. The number of esters is 2. The van der Waals surface area contributed by atoms with E-state index in [1.807, 2.05) is 115 Å². The number of hydrogen-bond acceptors (Lipinski definition) is 4. The summed E-state index contributed by atoms with van der Waals surface area (Å²) < 4.78 is 11.3. The maximum Gasteiger partial charge on any atom is 0.326 e. The predicted octanol–water partition coefficient (Wildman–Crippen LogP) is 7.39. The first-order chi connectivity index (χ1) is 18.7. The van der Waals surface area contributed by atoms with Crippen LogP contribution in [0.3, 0.4) is 0 Å². The average molecular weight is 499 g/mol. The van der Waals surface area contributed by atoms with E-state index in [1.165, 1.54) is 0 Å². The molecule has 0 saturated carbocycles. The Morgan fingerprint density at radius 3 is 1.18 bits per heavy atom. The van der Waals surface area contributed by atoms with E-state index in [4.69, 9.17) is 9.47 Å². The van der Waals surface area contributed by atoms with Gasteiger partial charge in [0, 0.05) is 0 Å². The number of carbonyl (C=O) groups is 2. The number of ether oxygens (including phenoxy) is 2. The standard InChI is InChI=1S/C34H26O4/c35-33(37-30-20-16-28(17-21-30)26-12-6-2-7-13-26)32(24-25-10-4-1-5-11-25)34(36)38-31-22-18-29(19-23-31)27-14-8-3-9-15-27/h1-23,32H,24H2. The maximum absolute atomic E-state index is 13.2. The summed E-state index contributed by atoms with van der Waals surface area (Å²) in [7, 11) is 0. The summed E-state index contributed by atoms with van der Waals surface area (Å²) >= 11 is 0. The van der Waals surface area contributed by atoms with Crippen molar-refractivity contribution in [3.05, 3.63) is 145 Å². The molecule has 0 unspecified atom stereocenters. The second kappa shape index (κ2) is 11.8. The molecule has 0 fully saturated rings. The SMILES string of the molecule is O=C(Oc1ccc(-c2ccccc2)cc1)C(Cc1ccccc1)C(=O)Oc1ccc(-c2ccccc2)cc1. The van der Waals surface area contributed by atoms with Crippen molar-refractivity contribution in [2.24, 2.45) is 5.92 Å². The molecule has 4 nitrogen and oxygen atoms in total. The molecule has 0 heterocycles. The Labute approximate surface area is 222 Å². The van der Waals surface area contributed by atoms with Gasteiger partial charge in [0.15, 0.2) is 5.92 Å². The van der Waals surface area contributed by atoms with Gasteiger partial charge in [-0.3, -0.25) is 9.59 Å². The summed E-state index contributed by atoms with van der Waals surface area (Å²) in [6.07, 6.45) is 0.169. The molecule has 0 saturated heterocycles. The monoisotopic (exact) mass is 498 g/mol. The van der Waals surface area contributed by atoms with E-state index in [0.29, 0.717) is 11.5 Å². The minimum Gasteiger partial charge on any atom is -0.426 e. The lowest BCUT2D eigenvalue weighted by atomic mass is 9.99. The zero-order valence-corrected chi connectivity index (χ0v) is 20.7. The van der Waals surface area contributed by atoms with Gasteiger partial charge < -0.3 is 9.47 Å². The van der Waals surface area contributed by atoms with Gasteiger partial charge in [0.05, 0.1) is 0 Å². The number of rotatable bonds is 8. The Kier molecular flexibility index (Phi) is 7.71. The average Bonchev–Trinajstić information content (AvgIpc) is 2.98. The van der Waals surface area contributed by atoms with Crippen LogP contribution in [-0.2, 0) is 16.0 Å². The lowest BCUT2D eigenvalue weighted by Gasteiger charge is -2.16. The van der Waals surface area contributed by atoms with Crippen LogP contribution in [0.2, 0.25) is 0 Å².